The van der Waals surface area contributed by atoms with Crippen molar-refractivity contribution < 1.29 is 14.3 Å². The highest BCUT2D eigenvalue weighted by atomic mass is 32.2. The van der Waals surface area contributed by atoms with Crippen LogP contribution < -0.4 is 10.5 Å². The minimum Gasteiger partial charge on any atom is -0.497 e. The maximum absolute atomic E-state index is 11.0. The van der Waals surface area contributed by atoms with E-state index in [0.717, 1.165) is 55.3 Å². The summed E-state index contributed by atoms with van der Waals surface area (Å²) < 4.78 is 14.6. The molecule has 182 valence electrons. The Morgan fingerprint density at radius 2 is 1.97 bits per heavy atom. The lowest BCUT2D eigenvalue weighted by atomic mass is 10.1. The van der Waals surface area contributed by atoms with Gasteiger partial charge in [-0.1, -0.05) is 32.0 Å². The summed E-state index contributed by atoms with van der Waals surface area (Å²) in [7, 11) is 1.65. The third-order valence-corrected chi connectivity index (χ3v) is 6.64. The monoisotopic (exact) mass is 482 g/mol. The molecule has 3 aromatic rings. The van der Waals surface area contributed by atoms with Crippen molar-refractivity contribution in [3.63, 3.8) is 0 Å². The van der Waals surface area contributed by atoms with Crippen molar-refractivity contribution >= 4 is 23.9 Å². The van der Waals surface area contributed by atoms with Gasteiger partial charge in [-0.3, -0.25) is 9.48 Å². The van der Waals surface area contributed by atoms with Crippen LogP contribution in [0.5, 0.6) is 5.75 Å². The van der Waals surface area contributed by atoms with Gasteiger partial charge in [-0.25, -0.2) is 4.31 Å². The molecule has 0 saturated carbocycles. The molecule has 7 nitrogen and oxygen atoms in total. The normalized spacial score (nSPS) is 13.9. The van der Waals surface area contributed by atoms with E-state index in [1.165, 1.54) is 10.5 Å². The van der Waals surface area contributed by atoms with Crippen LogP contribution in [0.4, 0.5) is 5.69 Å². The highest BCUT2D eigenvalue weighted by Gasteiger charge is 2.13. The van der Waals surface area contributed by atoms with E-state index in [4.69, 9.17) is 15.2 Å². The van der Waals surface area contributed by atoms with E-state index < -0.39 is 0 Å². The van der Waals surface area contributed by atoms with Crippen LogP contribution in [-0.2, 0) is 11.3 Å². The summed E-state index contributed by atoms with van der Waals surface area (Å²) in [6.07, 6.45) is 2.66. The van der Waals surface area contributed by atoms with Crippen LogP contribution in [0.1, 0.15) is 46.9 Å². The summed E-state index contributed by atoms with van der Waals surface area (Å²) in [6, 6.07) is 13.9. The first kappa shape index (κ1) is 25.8. The molecule has 1 aliphatic heterocycles. The van der Waals surface area contributed by atoms with E-state index in [1.54, 1.807) is 29.9 Å². The Bertz CT molecular complexity index is 1080. The Morgan fingerprint density at radius 3 is 2.62 bits per heavy atom. The second kappa shape index (κ2) is 12.6. The van der Waals surface area contributed by atoms with Crippen molar-refractivity contribution in [1.82, 2.24) is 14.1 Å². The minimum atomic E-state index is 0.242. The van der Waals surface area contributed by atoms with Crippen LogP contribution in [0.15, 0.2) is 53.6 Å². The molecule has 0 atom stereocenters. The first-order valence-electron chi connectivity index (χ1n) is 11.4. The van der Waals surface area contributed by atoms with Gasteiger partial charge < -0.3 is 15.2 Å². The quantitative estimate of drug-likeness (QED) is 0.294. The number of rotatable bonds is 7. The zero-order valence-electron chi connectivity index (χ0n) is 20.4. The second-order valence-electron chi connectivity index (χ2n) is 8.45. The predicted molar refractivity (Wildman–Crippen MR) is 138 cm³/mol. The molecule has 0 spiro atoms. The van der Waals surface area contributed by atoms with Gasteiger partial charge in [0.2, 0.25) is 0 Å². The van der Waals surface area contributed by atoms with Crippen molar-refractivity contribution in [2.75, 3.05) is 39.1 Å². The molecular formula is C26H34N4O3S. The Kier molecular flexibility index (Phi) is 9.56. The highest BCUT2D eigenvalue weighted by Crippen LogP contribution is 2.28. The van der Waals surface area contributed by atoms with Gasteiger partial charge in [0.05, 0.1) is 38.1 Å². The number of benzene rings is 2. The SMILES string of the molecule is COc1cccc(Cn2cc(C=O)c(C(C)C)n2)c1.Cc1ccc(N)cc1SN1CCOCC1. The van der Waals surface area contributed by atoms with Crippen LogP contribution in [-0.4, -0.2) is 53.8 Å². The number of hydrogen-bond acceptors (Lipinski definition) is 7. The number of aromatic nitrogens is 2. The number of nitrogens with two attached hydrogens (primary N) is 1. The van der Waals surface area contributed by atoms with Gasteiger partial charge in [-0.2, -0.15) is 5.10 Å². The lowest BCUT2D eigenvalue weighted by Crippen LogP contribution is -2.30. The zero-order valence-corrected chi connectivity index (χ0v) is 21.2. The lowest BCUT2D eigenvalue weighted by molar-refractivity contribution is 0.0773. The van der Waals surface area contributed by atoms with E-state index in [9.17, 15) is 4.79 Å². The summed E-state index contributed by atoms with van der Waals surface area (Å²) in [4.78, 5) is 12.3. The number of ether oxygens (including phenoxy) is 2. The van der Waals surface area contributed by atoms with Gasteiger partial charge in [0.15, 0.2) is 6.29 Å². The zero-order chi connectivity index (χ0) is 24.5. The first-order valence-corrected chi connectivity index (χ1v) is 12.2. The molecular weight excluding hydrogens is 448 g/mol. The fourth-order valence-electron chi connectivity index (χ4n) is 3.52. The number of aryl methyl sites for hydroxylation is 1. The number of aldehydes is 1. The lowest BCUT2D eigenvalue weighted by Gasteiger charge is -2.25. The van der Waals surface area contributed by atoms with Crippen LogP contribution in [0, 0.1) is 6.92 Å². The van der Waals surface area contributed by atoms with Crippen molar-refractivity contribution in [3.05, 3.63) is 71.0 Å². The third-order valence-electron chi connectivity index (χ3n) is 5.38. The Labute approximate surface area is 206 Å². The minimum absolute atomic E-state index is 0.242. The van der Waals surface area contributed by atoms with Crippen molar-refractivity contribution in [1.29, 1.82) is 0 Å². The fraction of sp³-hybridized carbons (Fsp3) is 0.385. The molecule has 8 heteroatoms. The average molecular weight is 483 g/mol. The number of morpholine rings is 1. The molecule has 2 aromatic carbocycles. The van der Waals surface area contributed by atoms with Gasteiger partial charge in [0, 0.05) is 29.9 Å². The van der Waals surface area contributed by atoms with Crippen molar-refractivity contribution in [2.24, 2.45) is 0 Å². The molecule has 1 aliphatic rings. The van der Waals surface area contributed by atoms with Gasteiger partial charge in [-0.05, 0) is 60.2 Å². The molecule has 1 saturated heterocycles. The molecule has 4 rings (SSSR count). The fourth-order valence-corrected chi connectivity index (χ4v) is 4.53. The topological polar surface area (TPSA) is 82.6 Å². The van der Waals surface area contributed by atoms with E-state index in [1.807, 2.05) is 50.2 Å². The number of nitrogens with zero attached hydrogens (tertiary/aromatic N) is 3. The number of carbonyl (C=O) groups excluding carboxylic acids is 1. The summed E-state index contributed by atoms with van der Waals surface area (Å²) in [5.41, 5.74) is 10.5. The highest BCUT2D eigenvalue weighted by molar-refractivity contribution is 7.97. The van der Waals surface area contributed by atoms with E-state index in [-0.39, 0.29) is 5.92 Å². The first-order chi connectivity index (χ1) is 16.4. The summed E-state index contributed by atoms with van der Waals surface area (Å²) in [6.45, 7) is 10.4. The maximum atomic E-state index is 11.0. The number of carbonyl (C=O) groups is 1. The van der Waals surface area contributed by atoms with Crippen LogP contribution in [0.3, 0.4) is 0 Å². The largest absolute Gasteiger partial charge is 0.497 e. The van der Waals surface area contributed by atoms with Crippen LogP contribution in [0.25, 0.3) is 0 Å². The molecule has 0 unspecified atom stereocenters. The molecule has 1 aromatic heterocycles. The summed E-state index contributed by atoms with van der Waals surface area (Å²) >= 11 is 1.78. The Morgan fingerprint density at radius 1 is 1.21 bits per heavy atom. The van der Waals surface area contributed by atoms with Crippen molar-refractivity contribution in [2.45, 2.75) is 38.1 Å². The van der Waals surface area contributed by atoms with Gasteiger partial charge in [0.1, 0.15) is 5.75 Å². The number of anilines is 1. The molecule has 0 radical (unpaired) electrons. The summed E-state index contributed by atoms with van der Waals surface area (Å²) in [5, 5.41) is 4.48. The van der Waals surface area contributed by atoms with Crippen LogP contribution >= 0.6 is 11.9 Å². The molecule has 0 bridgehead atoms. The number of nitrogen functional groups attached to an aromatic ring is 1. The smallest absolute Gasteiger partial charge is 0.153 e. The van der Waals surface area contributed by atoms with E-state index in [0.29, 0.717) is 12.1 Å². The van der Waals surface area contributed by atoms with E-state index >= 15 is 0 Å². The maximum Gasteiger partial charge on any atom is 0.153 e. The third kappa shape index (κ3) is 7.35. The number of hydrogen-bond donors (Lipinski definition) is 1. The Balaban J connectivity index is 0.000000196. The van der Waals surface area contributed by atoms with Crippen molar-refractivity contribution in [3.8, 4) is 5.75 Å². The average Bonchev–Trinajstić information content (AvgIpc) is 3.26. The van der Waals surface area contributed by atoms with Crippen LogP contribution in [0.2, 0.25) is 0 Å². The number of methoxy groups -OCH3 is 1. The predicted octanol–water partition coefficient (Wildman–Crippen LogP) is 4.79. The summed E-state index contributed by atoms with van der Waals surface area (Å²) in [5.74, 6) is 1.07. The molecule has 0 amide bonds. The second-order valence-corrected chi connectivity index (χ2v) is 9.59. The standard InChI is InChI=1S/C15H18N2O2.C11H16N2OS/c1-11(2)15-13(10-18)9-17(16-15)8-12-5-4-6-14(7-12)19-3;1-9-2-3-10(12)8-11(9)15-13-4-6-14-7-5-13/h4-7,9-11H,8H2,1-3H3;2-3,8H,4-7,12H2,1H3. The van der Waals surface area contributed by atoms with E-state index in [2.05, 4.69) is 22.4 Å². The molecule has 34 heavy (non-hydrogen) atoms. The molecule has 2 heterocycles. The Hall–Kier alpha value is -2.81. The van der Waals surface area contributed by atoms with Gasteiger partial charge in [-0.15, -0.1) is 0 Å². The molecule has 0 aliphatic carbocycles. The molecule has 1 fully saturated rings. The molecule has 2 N–H and O–H groups in total. The van der Waals surface area contributed by atoms with Gasteiger partial charge >= 0.3 is 0 Å². The van der Waals surface area contributed by atoms with Gasteiger partial charge in [0.25, 0.3) is 0 Å².